The standard InChI is InChI=1S/C10H11ClO3/c1-6(12)10-7-4-13-5-14-9(7)3-2-8(10)11/h2-3,6,12H,4-5H2,1H3. The van der Waals surface area contributed by atoms with Gasteiger partial charge in [-0.1, -0.05) is 11.6 Å². The van der Waals surface area contributed by atoms with Crippen molar-refractivity contribution in [3.8, 4) is 5.75 Å². The van der Waals surface area contributed by atoms with Crippen molar-refractivity contribution >= 4 is 11.6 Å². The minimum Gasteiger partial charge on any atom is -0.467 e. The lowest BCUT2D eigenvalue weighted by molar-refractivity contribution is -0.0178. The second-order valence-corrected chi connectivity index (χ2v) is 3.63. The molecule has 14 heavy (non-hydrogen) atoms. The lowest BCUT2D eigenvalue weighted by Crippen LogP contribution is -2.14. The molecule has 1 aliphatic heterocycles. The van der Waals surface area contributed by atoms with E-state index >= 15 is 0 Å². The third-order valence-corrected chi connectivity index (χ3v) is 2.55. The van der Waals surface area contributed by atoms with Crippen molar-refractivity contribution in [1.82, 2.24) is 0 Å². The molecule has 1 unspecified atom stereocenters. The molecule has 0 saturated heterocycles. The van der Waals surface area contributed by atoms with Gasteiger partial charge in [-0.3, -0.25) is 0 Å². The Hall–Kier alpha value is -0.770. The molecule has 0 amide bonds. The Kier molecular flexibility index (Phi) is 2.63. The van der Waals surface area contributed by atoms with Crippen molar-refractivity contribution in [2.75, 3.05) is 6.79 Å². The number of benzene rings is 1. The Morgan fingerprint density at radius 2 is 2.29 bits per heavy atom. The lowest BCUT2D eigenvalue weighted by atomic mass is 10.0. The number of ether oxygens (including phenoxy) is 2. The molecule has 0 fully saturated rings. The van der Waals surface area contributed by atoms with Crippen LogP contribution in [0.4, 0.5) is 0 Å². The summed E-state index contributed by atoms with van der Waals surface area (Å²) >= 11 is 5.99. The Morgan fingerprint density at radius 3 is 3.00 bits per heavy atom. The molecule has 0 aliphatic carbocycles. The minimum atomic E-state index is -0.609. The topological polar surface area (TPSA) is 38.7 Å². The second kappa shape index (κ2) is 3.77. The Balaban J connectivity index is 2.55. The van der Waals surface area contributed by atoms with Crippen LogP contribution in [0.2, 0.25) is 5.02 Å². The molecular formula is C10H11ClO3. The van der Waals surface area contributed by atoms with Crippen molar-refractivity contribution in [3.63, 3.8) is 0 Å². The van der Waals surface area contributed by atoms with E-state index in [1.165, 1.54) is 0 Å². The van der Waals surface area contributed by atoms with Crippen LogP contribution in [0.1, 0.15) is 24.2 Å². The molecule has 0 bridgehead atoms. The quantitative estimate of drug-likeness (QED) is 0.780. The molecule has 0 saturated carbocycles. The van der Waals surface area contributed by atoms with Crippen LogP contribution in [0, 0.1) is 0 Å². The lowest BCUT2D eigenvalue weighted by Gasteiger charge is -2.22. The molecule has 76 valence electrons. The van der Waals surface area contributed by atoms with Gasteiger partial charge in [-0.15, -0.1) is 0 Å². The van der Waals surface area contributed by atoms with E-state index < -0.39 is 6.10 Å². The van der Waals surface area contributed by atoms with Gasteiger partial charge in [0.15, 0.2) is 6.79 Å². The predicted molar refractivity (Wildman–Crippen MR) is 52.4 cm³/mol. The highest BCUT2D eigenvalue weighted by molar-refractivity contribution is 6.31. The number of halogens is 1. The molecule has 1 N–H and O–H groups in total. The highest BCUT2D eigenvalue weighted by Gasteiger charge is 2.19. The molecule has 1 atom stereocenters. The van der Waals surface area contributed by atoms with Crippen molar-refractivity contribution in [2.24, 2.45) is 0 Å². The molecule has 3 nitrogen and oxygen atoms in total. The molecule has 2 rings (SSSR count). The Morgan fingerprint density at radius 1 is 1.50 bits per heavy atom. The molecule has 0 aromatic heterocycles. The fraction of sp³-hybridized carbons (Fsp3) is 0.400. The number of aliphatic hydroxyl groups is 1. The van der Waals surface area contributed by atoms with E-state index in [2.05, 4.69) is 0 Å². The Labute approximate surface area is 87.2 Å². The number of rotatable bonds is 1. The summed E-state index contributed by atoms with van der Waals surface area (Å²) in [4.78, 5) is 0. The van der Waals surface area contributed by atoms with E-state index in [1.54, 1.807) is 19.1 Å². The average molecular weight is 215 g/mol. The molecule has 0 radical (unpaired) electrons. The summed E-state index contributed by atoms with van der Waals surface area (Å²) in [5.74, 6) is 0.747. The van der Waals surface area contributed by atoms with Gasteiger partial charge < -0.3 is 14.6 Å². The van der Waals surface area contributed by atoms with Crippen molar-refractivity contribution in [1.29, 1.82) is 0 Å². The first kappa shape index (κ1) is 9.77. The van der Waals surface area contributed by atoms with Gasteiger partial charge >= 0.3 is 0 Å². The number of hydrogen-bond acceptors (Lipinski definition) is 3. The summed E-state index contributed by atoms with van der Waals surface area (Å²) in [7, 11) is 0. The number of fused-ring (bicyclic) bond motifs is 1. The smallest absolute Gasteiger partial charge is 0.189 e. The SMILES string of the molecule is CC(O)c1c(Cl)ccc2c1COCO2. The Bertz CT molecular complexity index is 349. The van der Waals surface area contributed by atoms with Gasteiger partial charge in [0.05, 0.1) is 12.7 Å². The zero-order valence-corrected chi connectivity index (χ0v) is 8.54. The van der Waals surface area contributed by atoms with E-state index in [0.29, 0.717) is 17.2 Å². The normalized spacial score (nSPS) is 17.1. The molecular weight excluding hydrogens is 204 g/mol. The first-order chi connectivity index (χ1) is 6.70. The third kappa shape index (κ3) is 1.59. The van der Waals surface area contributed by atoms with Gasteiger partial charge in [0.1, 0.15) is 5.75 Å². The monoisotopic (exact) mass is 214 g/mol. The second-order valence-electron chi connectivity index (χ2n) is 3.22. The van der Waals surface area contributed by atoms with Gasteiger partial charge in [-0.05, 0) is 19.1 Å². The zero-order chi connectivity index (χ0) is 10.1. The number of hydrogen-bond donors (Lipinski definition) is 1. The van der Waals surface area contributed by atoms with Crippen LogP contribution in [-0.4, -0.2) is 11.9 Å². The van der Waals surface area contributed by atoms with Crippen LogP contribution in [0.3, 0.4) is 0 Å². The van der Waals surface area contributed by atoms with E-state index in [4.69, 9.17) is 21.1 Å². The maximum Gasteiger partial charge on any atom is 0.189 e. The first-order valence-electron chi connectivity index (χ1n) is 4.40. The zero-order valence-electron chi connectivity index (χ0n) is 7.79. The van der Waals surface area contributed by atoms with Gasteiger partial charge in [0.25, 0.3) is 0 Å². The number of aliphatic hydroxyl groups excluding tert-OH is 1. The van der Waals surface area contributed by atoms with Gasteiger partial charge in [-0.25, -0.2) is 0 Å². The maximum absolute atomic E-state index is 9.56. The third-order valence-electron chi connectivity index (χ3n) is 2.22. The highest BCUT2D eigenvalue weighted by Crippen LogP contribution is 2.35. The first-order valence-corrected chi connectivity index (χ1v) is 4.78. The summed E-state index contributed by atoms with van der Waals surface area (Å²) in [6, 6.07) is 3.53. The van der Waals surface area contributed by atoms with Crippen molar-refractivity contribution < 1.29 is 14.6 Å². The average Bonchev–Trinajstić information content (AvgIpc) is 2.17. The van der Waals surface area contributed by atoms with E-state index in [-0.39, 0.29) is 6.79 Å². The summed E-state index contributed by atoms with van der Waals surface area (Å²) in [5.41, 5.74) is 1.54. The summed E-state index contributed by atoms with van der Waals surface area (Å²) in [6.45, 7) is 2.38. The molecule has 0 spiro atoms. The maximum atomic E-state index is 9.56. The van der Waals surface area contributed by atoms with Crippen LogP contribution < -0.4 is 4.74 Å². The van der Waals surface area contributed by atoms with Crippen LogP contribution in [-0.2, 0) is 11.3 Å². The summed E-state index contributed by atoms with van der Waals surface area (Å²) < 4.78 is 10.4. The van der Waals surface area contributed by atoms with Crippen LogP contribution in [0.25, 0.3) is 0 Å². The van der Waals surface area contributed by atoms with Gasteiger partial charge in [0.2, 0.25) is 0 Å². The minimum absolute atomic E-state index is 0.258. The highest BCUT2D eigenvalue weighted by atomic mass is 35.5. The summed E-state index contributed by atoms with van der Waals surface area (Å²) in [6.07, 6.45) is -0.609. The van der Waals surface area contributed by atoms with Crippen LogP contribution in [0.5, 0.6) is 5.75 Å². The van der Waals surface area contributed by atoms with Crippen molar-refractivity contribution in [3.05, 3.63) is 28.3 Å². The van der Waals surface area contributed by atoms with E-state index in [1.807, 2.05) is 0 Å². The summed E-state index contributed by atoms with van der Waals surface area (Å²) in [5, 5.41) is 10.1. The fourth-order valence-electron chi connectivity index (χ4n) is 1.60. The van der Waals surface area contributed by atoms with Crippen LogP contribution >= 0.6 is 11.6 Å². The molecule has 1 heterocycles. The van der Waals surface area contributed by atoms with Gasteiger partial charge in [0, 0.05) is 16.1 Å². The molecule has 1 aromatic carbocycles. The predicted octanol–water partition coefficient (Wildman–Crippen LogP) is 2.26. The van der Waals surface area contributed by atoms with E-state index in [9.17, 15) is 5.11 Å². The molecule has 1 aromatic rings. The molecule has 4 heteroatoms. The fourth-order valence-corrected chi connectivity index (χ4v) is 1.94. The van der Waals surface area contributed by atoms with Crippen molar-refractivity contribution in [2.45, 2.75) is 19.6 Å². The van der Waals surface area contributed by atoms with Gasteiger partial charge in [-0.2, -0.15) is 0 Å². The van der Waals surface area contributed by atoms with E-state index in [0.717, 1.165) is 11.3 Å². The molecule has 1 aliphatic rings. The van der Waals surface area contributed by atoms with Crippen LogP contribution in [0.15, 0.2) is 12.1 Å². The largest absolute Gasteiger partial charge is 0.467 e.